The van der Waals surface area contributed by atoms with Gasteiger partial charge in [-0.2, -0.15) is 0 Å². The van der Waals surface area contributed by atoms with E-state index >= 15 is 0 Å². The van der Waals surface area contributed by atoms with Crippen molar-refractivity contribution in [2.45, 2.75) is 25.4 Å². The smallest absolute Gasteiger partial charge is 0.234 e. The SMILES string of the molecule is CN(CCOc1cccc(CNC(=O)CN)c1)C1CCOCC1.Cl.Cl. The maximum Gasteiger partial charge on any atom is 0.234 e. The summed E-state index contributed by atoms with van der Waals surface area (Å²) in [6, 6.07) is 8.36. The Labute approximate surface area is 162 Å². The molecule has 1 aliphatic heterocycles. The molecule has 0 saturated carbocycles. The molecule has 0 spiro atoms. The van der Waals surface area contributed by atoms with Crippen LogP contribution in [0.25, 0.3) is 0 Å². The molecule has 25 heavy (non-hydrogen) atoms. The van der Waals surface area contributed by atoms with Crippen LogP contribution < -0.4 is 15.8 Å². The molecule has 1 saturated heterocycles. The molecule has 0 aliphatic carbocycles. The summed E-state index contributed by atoms with van der Waals surface area (Å²) in [5, 5.41) is 2.75. The minimum absolute atomic E-state index is 0. The van der Waals surface area contributed by atoms with Crippen LogP contribution in [0.4, 0.5) is 0 Å². The normalized spacial score (nSPS) is 14.4. The molecule has 2 rings (SSSR count). The molecule has 1 aromatic rings. The average molecular weight is 394 g/mol. The second-order valence-electron chi connectivity index (χ2n) is 5.80. The number of nitrogens with one attached hydrogen (secondary N) is 1. The summed E-state index contributed by atoms with van der Waals surface area (Å²) < 4.78 is 11.2. The summed E-state index contributed by atoms with van der Waals surface area (Å²) in [5.41, 5.74) is 6.27. The Balaban J connectivity index is 0.00000288. The number of nitrogens with zero attached hydrogens (tertiary/aromatic N) is 1. The van der Waals surface area contributed by atoms with Gasteiger partial charge in [-0.25, -0.2) is 0 Å². The molecule has 1 fully saturated rings. The number of hydrogen-bond acceptors (Lipinski definition) is 5. The first-order chi connectivity index (χ1) is 11.2. The Bertz CT molecular complexity index is 500. The van der Waals surface area contributed by atoms with Gasteiger partial charge in [-0.3, -0.25) is 9.69 Å². The van der Waals surface area contributed by atoms with Crippen molar-refractivity contribution in [3.8, 4) is 5.75 Å². The zero-order valence-corrected chi connectivity index (χ0v) is 16.2. The second-order valence-corrected chi connectivity index (χ2v) is 5.80. The van der Waals surface area contributed by atoms with Crippen LogP contribution in [0.2, 0.25) is 0 Å². The highest BCUT2D eigenvalue weighted by Crippen LogP contribution is 2.15. The molecule has 1 amide bonds. The summed E-state index contributed by atoms with van der Waals surface area (Å²) in [4.78, 5) is 13.5. The number of halogens is 2. The van der Waals surface area contributed by atoms with E-state index in [2.05, 4.69) is 17.3 Å². The molecule has 1 heterocycles. The Morgan fingerprint density at radius 1 is 1.36 bits per heavy atom. The van der Waals surface area contributed by atoms with E-state index in [9.17, 15) is 4.79 Å². The maximum absolute atomic E-state index is 11.2. The van der Waals surface area contributed by atoms with Crippen molar-refractivity contribution < 1.29 is 14.3 Å². The summed E-state index contributed by atoms with van der Waals surface area (Å²) in [5.74, 6) is 0.666. The third kappa shape index (κ3) is 8.74. The molecule has 0 unspecified atom stereocenters. The highest BCUT2D eigenvalue weighted by atomic mass is 35.5. The number of benzene rings is 1. The molecule has 1 aromatic carbocycles. The lowest BCUT2D eigenvalue weighted by Crippen LogP contribution is -2.38. The first-order valence-corrected chi connectivity index (χ1v) is 8.15. The molecule has 144 valence electrons. The van der Waals surface area contributed by atoms with Gasteiger partial charge in [0.15, 0.2) is 0 Å². The Kier molecular flexibility index (Phi) is 12.6. The molecule has 6 nitrogen and oxygen atoms in total. The molecule has 0 radical (unpaired) electrons. The lowest BCUT2D eigenvalue weighted by molar-refractivity contribution is -0.119. The van der Waals surface area contributed by atoms with Crippen molar-refractivity contribution in [2.24, 2.45) is 5.73 Å². The molecule has 3 N–H and O–H groups in total. The number of likely N-dealkylation sites (N-methyl/N-ethyl adjacent to an activating group) is 1. The number of rotatable bonds is 8. The van der Waals surface area contributed by atoms with E-state index in [1.807, 2.05) is 24.3 Å². The van der Waals surface area contributed by atoms with Gasteiger partial charge in [0.1, 0.15) is 12.4 Å². The van der Waals surface area contributed by atoms with Gasteiger partial charge >= 0.3 is 0 Å². The summed E-state index contributed by atoms with van der Waals surface area (Å²) in [6.07, 6.45) is 2.18. The van der Waals surface area contributed by atoms with E-state index < -0.39 is 0 Å². The van der Waals surface area contributed by atoms with Gasteiger partial charge in [0, 0.05) is 32.3 Å². The van der Waals surface area contributed by atoms with Crippen LogP contribution in [0.3, 0.4) is 0 Å². The monoisotopic (exact) mass is 393 g/mol. The Morgan fingerprint density at radius 3 is 2.76 bits per heavy atom. The highest BCUT2D eigenvalue weighted by molar-refractivity contribution is 5.85. The first kappa shape index (κ1) is 23.9. The van der Waals surface area contributed by atoms with Gasteiger partial charge in [-0.05, 0) is 37.6 Å². The number of carbonyl (C=O) groups excluding carboxylic acids is 1. The van der Waals surface area contributed by atoms with Crippen LogP contribution in [-0.4, -0.2) is 56.8 Å². The van der Waals surface area contributed by atoms with E-state index in [1.165, 1.54) is 0 Å². The van der Waals surface area contributed by atoms with Crippen molar-refractivity contribution in [1.29, 1.82) is 0 Å². The van der Waals surface area contributed by atoms with Gasteiger partial charge in [0.2, 0.25) is 5.91 Å². The van der Waals surface area contributed by atoms with E-state index in [0.717, 1.165) is 43.9 Å². The third-order valence-electron chi connectivity index (χ3n) is 4.10. The Hall–Kier alpha value is -1.05. The standard InChI is InChI=1S/C17H27N3O3.2ClH/c1-20(15-5-8-22-9-6-15)7-10-23-16-4-2-3-14(11-16)13-19-17(21)12-18;;/h2-4,11,15H,5-10,12-13,18H2,1H3,(H,19,21);2*1H. The van der Waals surface area contributed by atoms with Crippen LogP contribution in [-0.2, 0) is 16.1 Å². The van der Waals surface area contributed by atoms with Crippen molar-refractivity contribution >= 4 is 30.7 Å². The van der Waals surface area contributed by atoms with E-state index in [1.54, 1.807) is 0 Å². The van der Waals surface area contributed by atoms with Gasteiger partial charge in [-0.15, -0.1) is 24.8 Å². The predicted molar refractivity (Wildman–Crippen MR) is 104 cm³/mol. The maximum atomic E-state index is 11.2. The van der Waals surface area contributed by atoms with Gasteiger partial charge in [-0.1, -0.05) is 12.1 Å². The van der Waals surface area contributed by atoms with Crippen molar-refractivity contribution in [3.63, 3.8) is 0 Å². The lowest BCUT2D eigenvalue weighted by Gasteiger charge is -2.31. The fourth-order valence-electron chi connectivity index (χ4n) is 2.63. The third-order valence-corrected chi connectivity index (χ3v) is 4.10. The summed E-state index contributed by atoms with van der Waals surface area (Å²) in [7, 11) is 2.14. The summed E-state index contributed by atoms with van der Waals surface area (Å²) >= 11 is 0. The van der Waals surface area contributed by atoms with E-state index in [0.29, 0.717) is 19.2 Å². The zero-order valence-electron chi connectivity index (χ0n) is 14.6. The van der Waals surface area contributed by atoms with Crippen molar-refractivity contribution in [3.05, 3.63) is 29.8 Å². The molecule has 1 aliphatic rings. The molecule has 8 heteroatoms. The van der Waals surface area contributed by atoms with E-state index in [4.69, 9.17) is 15.2 Å². The van der Waals surface area contributed by atoms with Crippen LogP contribution in [0.15, 0.2) is 24.3 Å². The van der Waals surface area contributed by atoms with Crippen LogP contribution in [0.5, 0.6) is 5.75 Å². The first-order valence-electron chi connectivity index (χ1n) is 8.15. The number of nitrogens with two attached hydrogens (primary N) is 1. The molecular weight excluding hydrogens is 365 g/mol. The van der Waals surface area contributed by atoms with Gasteiger partial charge in [0.25, 0.3) is 0 Å². The fourth-order valence-corrected chi connectivity index (χ4v) is 2.63. The minimum Gasteiger partial charge on any atom is -0.492 e. The van der Waals surface area contributed by atoms with Crippen molar-refractivity contribution in [2.75, 3.05) is 40.0 Å². The topological polar surface area (TPSA) is 76.8 Å². The number of ether oxygens (including phenoxy) is 2. The highest BCUT2D eigenvalue weighted by Gasteiger charge is 2.17. The quantitative estimate of drug-likeness (QED) is 0.701. The molecular formula is C17H29Cl2N3O3. The minimum atomic E-state index is -0.158. The average Bonchev–Trinajstić information content (AvgIpc) is 2.60. The van der Waals surface area contributed by atoms with Gasteiger partial charge < -0.3 is 20.5 Å². The molecule has 0 bridgehead atoms. The molecule has 0 aromatic heterocycles. The Morgan fingerprint density at radius 2 is 2.08 bits per heavy atom. The number of hydrogen-bond donors (Lipinski definition) is 2. The summed E-state index contributed by atoms with van der Waals surface area (Å²) in [6.45, 7) is 3.72. The second kappa shape index (κ2) is 13.2. The van der Waals surface area contributed by atoms with Crippen LogP contribution >= 0.6 is 24.8 Å². The predicted octanol–water partition coefficient (Wildman–Crippen LogP) is 1.59. The zero-order chi connectivity index (χ0) is 16.5. The van der Waals surface area contributed by atoms with E-state index in [-0.39, 0.29) is 37.3 Å². The van der Waals surface area contributed by atoms with Crippen LogP contribution in [0.1, 0.15) is 18.4 Å². The molecule has 0 atom stereocenters. The largest absolute Gasteiger partial charge is 0.492 e. The van der Waals surface area contributed by atoms with Crippen LogP contribution in [0, 0.1) is 0 Å². The lowest BCUT2D eigenvalue weighted by atomic mass is 10.1. The number of amides is 1. The van der Waals surface area contributed by atoms with Gasteiger partial charge in [0.05, 0.1) is 6.54 Å². The fraction of sp³-hybridized carbons (Fsp3) is 0.588. The van der Waals surface area contributed by atoms with Crippen molar-refractivity contribution in [1.82, 2.24) is 10.2 Å². The number of carbonyl (C=O) groups is 1.